The Bertz CT molecular complexity index is 657. The van der Waals surface area contributed by atoms with E-state index in [1.165, 1.54) is 4.90 Å². The Morgan fingerprint density at radius 2 is 1.90 bits per heavy atom. The average Bonchev–Trinajstić information content (AvgIpc) is 2.53. The molecule has 0 saturated carbocycles. The van der Waals surface area contributed by atoms with Crippen LogP contribution < -0.4 is 9.64 Å². The van der Waals surface area contributed by atoms with Crippen LogP contribution in [0.15, 0.2) is 48.5 Å². The van der Waals surface area contributed by atoms with Crippen molar-refractivity contribution in [3.05, 3.63) is 59.7 Å². The molecule has 0 bridgehead atoms. The molecule has 100 valence electrons. The molecule has 20 heavy (non-hydrogen) atoms. The van der Waals surface area contributed by atoms with Gasteiger partial charge in [0.1, 0.15) is 5.75 Å². The van der Waals surface area contributed by atoms with Gasteiger partial charge < -0.3 is 9.64 Å². The van der Waals surface area contributed by atoms with Crippen molar-refractivity contribution in [1.82, 2.24) is 0 Å². The zero-order valence-corrected chi connectivity index (χ0v) is 11.3. The second-order valence-electron chi connectivity index (χ2n) is 4.25. The molecule has 0 atom stereocenters. The van der Waals surface area contributed by atoms with Gasteiger partial charge >= 0.3 is 0 Å². The van der Waals surface area contributed by atoms with Gasteiger partial charge in [-0.15, -0.1) is 0 Å². The number of anilines is 1. The SMILES string of the molecule is COc1ccc(C(=O)N(C)c2cccc(C#N)c2)cc1. The third-order valence-electron chi connectivity index (χ3n) is 3.00. The van der Waals surface area contributed by atoms with E-state index in [4.69, 9.17) is 10.00 Å². The molecule has 0 aliphatic carbocycles. The Morgan fingerprint density at radius 1 is 1.20 bits per heavy atom. The lowest BCUT2D eigenvalue weighted by Crippen LogP contribution is -2.26. The number of carbonyl (C=O) groups is 1. The van der Waals surface area contributed by atoms with Gasteiger partial charge in [0.05, 0.1) is 18.7 Å². The summed E-state index contributed by atoms with van der Waals surface area (Å²) >= 11 is 0. The highest BCUT2D eigenvalue weighted by Crippen LogP contribution is 2.18. The number of nitriles is 1. The van der Waals surface area contributed by atoms with Crippen LogP contribution in [0.1, 0.15) is 15.9 Å². The van der Waals surface area contributed by atoms with Gasteiger partial charge in [-0.25, -0.2) is 0 Å². The van der Waals surface area contributed by atoms with Gasteiger partial charge in [-0.1, -0.05) is 6.07 Å². The molecule has 0 saturated heterocycles. The van der Waals surface area contributed by atoms with Crippen LogP contribution in [0.25, 0.3) is 0 Å². The summed E-state index contributed by atoms with van der Waals surface area (Å²) in [5.74, 6) is 0.568. The maximum absolute atomic E-state index is 12.3. The molecule has 0 N–H and O–H groups in total. The second-order valence-corrected chi connectivity index (χ2v) is 4.25. The maximum Gasteiger partial charge on any atom is 0.258 e. The minimum Gasteiger partial charge on any atom is -0.497 e. The Balaban J connectivity index is 2.25. The van der Waals surface area contributed by atoms with E-state index in [1.807, 2.05) is 0 Å². The molecule has 2 rings (SSSR count). The normalized spacial score (nSPS) is 9.65. The van der Waals surface area contributed by atoms with E-state index in [-0.39, 0.29) is 5.91 Å². The van der Waals surface area contributed by atoms with Gasteiger partial charge in [0.25, 0.3) is 5.91 Å². The summed E-state index contributed by atoms with van der Waals surface area (Å²) in [6.45, 7) is 0. The third-order valence-corrected chi connectivity index (χ3v) is 3.00. The van der Waals surface area contributed by atoms with Crippen molar-refractivity contribution < 1.29 is 9.53 Å². The average molecular weight is 266 g/mol. The molecule has 0 spiro atoms. The minimum atomic E-state index is -0.136. The predicted molar refractivity (Wildman–Crippen MR) is 76.9 cm³/mol. The smallest absolute Gasteiger partial charge is 0.258 e. The standard InChI is InChI=1S/C16H14N2O2/c1-18(14-5-3-4-12(10-14)11-17)16(19)13-6-8-15(20-2)9-7-13/h3-10H,1-2H3. The van der Waals surface area contributed by atoms with E-state index in [2.05, 4.69) is 6.07 Å². The van der Waals surface area contributed by atoms with Gasteiger partial charge in [-0.2, -0.15) is 5.26 Å². The summed E-state index contributed by atoms with van der Waals surface area (Å²) in [5, 5.41) is 8.89. The molecule has 0 radical (unpaired) electrons. The Kier molecular flexibility index (Phi) is 4.02. The van der Waals surface area contributed by atoms with Gasteiger partial charge in [-0.3, -0.25) is 4.79 Å². The van der Waals surface area contributed by atoms with Crippen LogP contribution in [0.4, 0.5) is 5.69 Å². The van der Waals surface area contributed by atoms with Crippen LogP contribution in [0.2, 0.25) is 0 Å². The molecule has 0 aromatic heterocycles. The fourth-order valence-electron chi connectivity index (χ4n) is 1.83. The fraction of sp³-hybridized carbons (Fsp3) is 0.125. The summed E-state index contributed by atoms with van der Waals surface area (Å²) in [6, 6.07) is 15.9. The lowest BCUT2D eigenvalue weighted by Gasteiger charge is -2.17. The quantitative estimate of drug-likeness (QED) is 0.858. The first-order valence-electron chi connectivity index (χ1n) is 6.08. The van der Waals surface area contributed by atoms with E-state index < -0.39 is 0 Å². The van der Waals surface area contributed by atoms with Crippen molar-refractivity contribution in [2.75, 3.05) is 19.1 Å². The molecule has 2 aromatic rings. The Labute approximate surface area is 117 Å². The van der Waals surface area contributed by atoms with E-state index in [0.717, 1.165) is 0 Å². The van der Waals surface area contributed by atoms with Gasteiger partial charge in [0.15, 0.2) is 0 Å². The second kappa shape index (κ2) is 5.89. The van der Waals surface area contributed by atoms with Gasteiger partial charge in [0.2, 0.25) is 0 Å². The lowest BCUT2D eigenvalue weighted by atomic mass is 10.1. The molecule has 0 fully saturated rings. The highest BCUT2D eigenvalue weighted by atomic mass is 16.5. The predicted octanol–water partition coefficient (Wildman–Crippen LogP) is 2.84. The first-order chi connectivity index (χ1) is 9.65. The number of amides is 1. The minimum absolute atomic E-state index is 0.136. The molecule has 2 aromatic carbocycles. The summed E-state index contributed by atoms with van der Waals surface area (Å²) < 4.78 is 5.06. The van der Waals surface area contributed by atoms with E-state index in [1.54, 1.807) is 62.7 Å². The maximum atomic E-state index is 12.3. The van der Waals surface area contributed by atoms with Crippen LogP contribution in [0.3, 0.4) is 0 Å². The number of nitrogens with zero attached hydrogens (tertiary/aromatic N) is 2. The summed E-state index contributed by atoms with van der Waals surface area (Å²) in [7, 11) is 3.26. The van der Waals surface area contributed by atoms with Crippen LogP contribution in [-0.4, -0.2) is 20.1 Å². The van der Waals surface area contributed by atoms with Crippen molar-refractivity contribution in [1.29, 1.82) is 5.26 Å². The van der Waals surface area contributed by atoms with Crippen LogP contribution in [0, 0.1) is 11.3 Å². The number of carbonyl (C=O) groups excluding carboxylic acids is 1. The topological polar surface area (TPSA) is 53.3 Å². The van der Waals surface area contributed by atoms with E-state index >= 15 is 0 Å². The molecular formula is C16H14N2O2. The third kappa shape index (κ3) is 2.78. The number of hydrogen-bond donors (Lipinski definition) is 0. The molecule has 0 heterocycles. The zero-order chi connectivity index (χ0) is 14.5. The van der Waals surface area contributed by atoms with E-state index in [0.29, 0.717) is 22.6 Å². The number of methoxy groups -OCH3 is 1. The highest BCUT2D eigenvalue weighted by Gasteiger charge is 2.13. The molecule has 0 unspecified atom stereocenters. The van der Waals surface area contributed by atoms with Crippen molar-refractivity contribution in [2.45, 2.75) is 0 Å². The summed E-state index contributed by atoms with van der Waals surface area (Å²) in [6.07, 6.45) is 0. The Hall–Kier alpha value is -2.80. The highest BCUT2D eigenvalue weighted by molar-refractivity contribution is 6.05. The van der Waals surface area contributed by atoms with Crippen molar-refractivity contribution >= 4 is 11.6 Å². The molecule has 4 heteroatoms. The van der Waals surface area contributed by atoms with Gasteiger partial charge in [-0.05, 0) is 42.5 Å². The van der Waals surface area contributed by atoms with E-state index in [9.17, 15) is 4.79 Å². The van der Waals surface area contributed by atoms with Crippen LogP contribution in [-0.2, 0) is 0 Å². The molecule has 0 aliphatic heterocycles. The Morgan fingerprint density at radius 3 is 2.50 bits per heavy atom. The number of benzene rings is 2. The van der Waals surface area contributed by atoms with Crippen molar-refractivity contribution in [3.8, 4) is 11.8 Å². The molecule has 1 amide bonds. The number of ether oxygens (including phenoxy) is 1. The lowest BCUT2D eigenvalue weighted by molar-refractivity contribution is 0.0993. The molecule has 4 nitrogen and oxygen atoms in total. The number of rotatable bonds is 3. The number of hydrogen-bond acceptors (Lipinski definition) is 3. The first-order valence-corrected chi connectivity index (χ1v) is 6.08. The van der Waals surface area contributed by atoms with Crippen molar-refractivity contribution in [3.63, 3.8) is 0 Å². The molecular weight excluding hydrogens is 252 g/mol. The van der Waals surface area contributed by atoms with Gasteiger partial charge in [0, 0.05) is 18.3 Å². The first kappa shape index (κ1) is 13.6. The largest absolute Gasteiger partial charge is 0.497 e. The summed E-state index contributed by atoms with van der Waals surface area (Å²) in [5.41, 5.74) is 1.78. The summed E-state index contributed by atoms with van der Waals surface area (Å²) in [4.78, 5) is 13.9. The monoisotopic (exact) mass is 266 g/mol. The van der Waals surface area contributed by atoms with Crippen LogP contribution in [0.5, 0.6) is 5.75 Å². The zero-order valence-electron chi connectivity index (χ0n) is 11.3. The fourth-order valence-corrected chi connectivity index (χ4v) is 1.83. The molecule has 0 aliphatic rings. The van der Waals surface area contributed by atoms with Crippen LogP contribution >= 0.6 is 0 Å². The van der Waals surface area contributed by atoms with Crippen molar-refractivity contribution in [2.24, 2.45) is 0 Å².